The Hall–Kier alpha value is -2.73. The molecule has 1 heterocycles. The van der Waals surface area contributed by atoms with Crippen molar-refractivity contribution in [1.82, 2.24) is 0 Å². The maximum Gasteiger partial charge on any atom is 0.308 e. The third-order valence-corrected chi connectivity index (χ3v) is 5.86. The molecule has 2 N–H and O–H groups in total. The Balaban J connectivity index is 1.65. The molecule has 3 aromatic rings. The highest BCUT2D eigenvalue weighted by Crippen LogP contribution is 2.57. The maximum absolute atomic E-state index is 11.3. The van der Waals surface area contributed by atoms with Crippen LogP contribution in [0.25, 0.3) is 33.0 Å². The normalized spacial score (nSPS) is 26.3. The van der Waals surface area contributed by atoms with E-state index in [0.29, 0.717) is 5.75 Å². The Labute approximate surface area is 154 Å². The van der Waals surface area contributed by atoms with E-state index in [0.717, 1.165) is 44.2 Å². The largest absolute Gasteiger partial charge is 0.427 e. The molecule has 5 heteroatoms. The van der Waals surface area contributed by atoms with Crippen LogP contribution in [0, 0.1) is 0 Å². The summed E-state index contributed by atoms with van der Waals surface area (Å²) >= 11 is 0. The van der Waals surface area contributed by atoms with E-state index in [4.69, 9.17) is 9.47 Å². The van der Waals surface area contributed by atoms with Gasteiger partial charge in [0.05, 0.1) is 0 Å². The molecule has 0 bridgehead atoms. The average Bonchev–Trinajstić information content (AvgIpc) is 3.39. The summed E-state index contributed by atoms with van der Waals surface area (Å²) in [5, 5.41) is 23.1. The third kappa shape index (κ3) is 1.91. The number of benzene rings is 3. The van der Waals surface area contributed by atoms with Gasteiger partial charge < -0.3 is 19.7 Å². The highest BCUT2D eigenvalue weighted by molar-refractivity contribution is 6.16. The molecule has 5 nitrogen and oxygen atoms in total. The maximum atomic E-state index is 11.3. The van der Waals surface area contributed by atoms with Crippen LogP contribution in [-0.4, -0.2) is 28.4 Å². The molecule has 3 aromatic carbocycles. The zero-order valence-electron chi connectivity index (χ0n) is 14.5. The Morgan fingerprint density at radius 3 is 2.70 bits per heavy atom. The lowest BCUT2D eigenvalue weighted by Gasteiger charge is -2.25. The summed E-state index contributed by atoms with van der Waals surface area (Å²) < 4.78 is 10.9. The molecular weight excluding hydrogens is 344 g/mol. The molecule has 3 aliphatic rings. The molecule has 0 amide bonds. The van der Waals surface area contributed by atoms with E-state index in [1.807, 2.05) is 30.3 Å². The number of aliphatic hydroxyl groups is 2. The van der Waals surface area contributed by atoms with E-state index < -0.39 is 12.2 Å². The predicted molar refractivity (Wildman–Crippen MR) is 98.3 cm³/mol. The molecule has 0 aromatic heterocycles. The second-order valence-electron chi connectivity index (χ2n) is 7.41. The number of rotatable bonds is 1. The quantitative estimate of drug-likeness (QED) is 0.309. The number of carbonyl (C=O) groups excluding carboxylic acids is 1. The molecule has 0 saturated carbocycles. The van der Waals surface area contributed by atoms with Gasteiger partial charge in [-0.2, -0.15) is 0 Å². The second kappa shape index (κ2) is 4.95. The fourth-order valence-electron chi connectivity index (χ4n) is 4.72. The molecule has 1 aliphatic heterocycles. The molecule has 6 rings (SSSR count). The molecular formula is C22H16O5. The van der Waals surface area contributed by atoms with Crippen molar-refractivity contribution in [2.45, 2.75) is 31.3 Å². The number of esters is 1. The van der Waals surface area contributed by atoms with Crippen LogP contribution >= 0.6 is 0 Å². The standard InChI is InChI=1S/C22H16O5/c1-9(23)26-10-5-6-11-14(7-10)12-3-2-4-13-17(12)15(11)8-16-18(13)21-22(27-21)20(25)19(16)24/h2-8,19-22,24-25H,1H3/t19-,20+,21-,22+/m0/s1. The minimum absolute atomic E-state index is 0.164. The first kappa shape index (κ1) is 15.3. The topological polar surface area (TPSA) is 79.3 Å². The first-order valence-electron chi connectivity index (χ1n) is 8.99. The summed E-state index contributed by atoms with van der Waals surface area (Å²) in [5.74, 6) is 0.157. The second-order valence-corrected chi connectivity index (χ2v) is 7.41. The van der Waals surface area contributed by atoms with Crippen molar-refractivity contribution in [2.24, 2.45) is 0 Å². The molecule has 1 fully saturated rings. The molecule has 27 heavy (non-hydrogen) atoms. The van der Waals surface area contributed by atoms with Crippen molar-refractivity contribution >= 4 is 16.7 Å². The summed E-state index contributed by atoms with van der Waals surface area (Å²) in [5.41, 5.74) is 5.84. The van der Waals surface area contributed by atoms with Gasteiger partial charge in [0.15, 0.2) is 0 Å². The highest BCUT2D eigenvalue weighted by Gasteiger charge is 2.54. The van der Waals surface area contributed by atoms with Gasteiger partial charge in [-0.1, -0.05) is 24.3 Å². The van der Waals surface area contributed by atoms with Crippen LogP contribution in [0.15, 0.2) is 42.5 Å². The Kier molecular flexibility index (Phi) is 2.81. The number of fused-ring (bicyclic) bond motifs is 7. The number of ether oxygens (including phenoxy) is 2. The SMILES string of the molecule is CC(=O)Oc1ccc2c(c1)-c1cccc3c4c(cc-2c13)[C@H](O)[C@@H](O)[C@H]1O[C@@H]41. The van der Waals surface area contributed by atoms with E-state index in [1.165, 1.54) is 6.92 Å². The lowest BCUT2D eigenvalue weighted by molar-refractivity contribution is -0.131. The Bertz CT molecular complexity index is 1170. The van der Waals surface area contributed by atoms with Gasteiger partial charge >= 0.3 is 5.97 Å². The monoisotopic (exact) mass is 360 g/mol. The number of hydrogen-bond donors (Lipinski definition) is 2. The fraction of sp³-hybridized carbons (Fsp3) is 0.227. The molecule has 0 unspecified atom stereocenters. The van der Waals surface area contributed by atoms with Crippen molar-refractivity contribution in [3.63, 3.8) is 0 Å². The summed E-state index contributed by atoms with van der Waals surface area (Å²) in [4.78, 5) is 11.3. The van der Waals surface area contributed by atoms with Crippen LogP contribution < -0.4 is 4.74 Å². The Morgan fingerprint density at radius 2 is 1.89 bits per heavy atom. The summed E-state index contributed by atoms with van der Waals surface area (Å²) in [6, 6.07) is 13.7. The van der Waals surface area contributed by atoms with E-state index in [2.05, 4.69) is 6.07 Å². The van der Waals surface area contributed by atoms with Gasteiger partial charge in [0.2, 0.25) is 0 Å². The molecule has 1 saturated heterocycles. The van der Waals surface area contributed by atoms with Gasteiger partial charge in [0.1, 0.15) is 30.2 Å². The van der Waals surface area contributed by atoms with Crippen molar-refractivity contribution in [2.75, 3.05) is 0 Å². The van der Waals surface area contributed by atoms with Crippen LogP contribution in [-0.2, 0) is 9.53 Å². The van der Waals surface area contributed by atoms with Crippen molar-refractivity contribution in [3.8, 4) is 28.0 Å². The molecule has 4 atom stereocenters. The first-order chi connectivity index (χ1) is 13.0. The molecule has 0 radical (unpaired) electrons. The van der Waals surface area contributed by atoms with Crippen molar-refractivity contribution in [3.05, 3.63) is 53.6 Å². The summed E-state index contributed by atoms with van der Waals surface area (Å²) in [7, 11) is 0. The van der Waals surface area contributed by atoms with Gasteiger partial charge in [0.25, 0.3) is 0 Å². The Morgan fingerprint density at radius 1 is 1.04 bits per heavy atom. The average molecular weight is 360 g/mol. The highest BCUT2D eigenvalue weighted by atomic mass is 16.6. The minimum Gasteiger partial charge on any atom is -0.427 e. The summed E-state index contributed by atoms with van der Waals surface area (Å²) in [6.45, 7) is 1.38. The van der Waals surface area contributed by atoms with Gasteiger partial charge in [-0.05, 0) is 62.4 Å². The van der Waals surface area contributed by atoms with Crippen LogP contribution in [0.3, 0.4) is 0 Å². The van der Waals surface area contributed by atoms with Crippen LogP contribution in [0.1, 0.15) is 30.3 Å². The zero-order chi connectivity index (χ0) is 18.4. The number of carbonyl (C=O) groups is 1. The fourth-order valence-corrected chi connectivity index (χ4v) is 4.72. The van der Waals surface area contributed by atoms with Crippen LogP contribution in [0.4, 0.5) is 0 Å². The predicted octanol–water partition coefficient (Wildman–Crippen LogP) is 3.26. The van der Waals surface area contributed by atoms with Crippen LogP contribution in [0.2, 0.25) is 0 Å². The van der Waals surface area contributed by atoms with Crippen LogP contribution in [0.5, 0.6) is 5.75 Å². The zero-order valence-corrected chi connectivity index (χ0v) is 14.5. The number of hydrogen-bond acceptors (Lipinski definition) is 5. The number of aliphatic hydroxyl groups excluding tert-OH is 2. The van der Waals surface area contributed by atoms with Crippen molar-refractivity contribution in [1.29, 1.82) is 0 Å². The smallest absolute Gasteiger partial charge is 0.308 e. The van der Waals surface area contributed by atoms with Gasteiger partial charge in [-0.15, -0.1) is 0 Å². The lowest BCUT2D eigenvalue weighted by Crippen LogP contribution is -2.29. The third-order valence-electron chi connectivity index (χ3n) is 5.86. The van der Waals surface area contributed by atoms with E-state index in [9.17, 15) is 15.0 Å². The molecule has 2 aliphatic carbocycles. The van der Waals surface area contributed by atoms with Gasteiger partial charge in [0, 0.05) is 6.92 Å². The number of epoxide rings is 1. The van der Waals surface area contributed by atoms with E-state index in [1.54, 1.807) is 6.07 Å². The lowest BCUT2D eigenvalue weighted by atomic mass is 9.82. The van der Waals surface area contributed by atoms with Crippen molar-refractivity contribution < 1.29 is 24.5 Å². The summed E-state index contributed by atoms with van der Waals surface area (Å²) in [6.07, 6.45) is -2.35. The van der Waals surface area contributed by atoms with E-state index >= 15 is 0 Å². The first-order valence-corrected chi connectivity index (χ1v) is 8.99. The molecule has 0 spiro atoms. The van der Waals surface area contributed by atoms with Gasteiger partial charge in [-0.25, -0.2) is 0 Å². The minimum atomic E-state index is -0.961. The van der Waals surface area contributed by atoms with E-state index in [-0.39, 0.29) is 18.2 Å². The molecule has 134 valence electrons. The van der Waals surface area contributed by atoms with Gasteiger partial charge in [-0.3, -0.25) is 4.79 Å².